The topological polar surface area (TPSA) is 26.3 Å². The number of aryl methyl sites for hydroxylation is 2. The van der Waals surface area contributed by atoms with Crippen LogP contribution in [0.2, 0.25) is 0 Å². The third-order valence-electron chi connectivity index (χ3n) is 5.00. The van der Waals surface area contributed by atoms with E-state index in [-0.39, 0.29) is 11.4 Å². The second-order valence-electron chi connectivity index (χ2n) is 6.61. The number of allylic oxidation sites excluding steroid dienone is 2. The van der Waals surface area contributed by atoms with Crippen LogP contribution < -0.4 is 0 Å². The van der Waals surface area contributed by atoms with Gasteiger partial charge < -0.3 is 4.74 Å². The molecule has 0 amide bonds. The molecule has 2 bridgehead atoms. The molecule has 1 aromatic carbocycles. The number of carbonyl (C=O) groups is 1. The Labute approximate surface area is 120 Å². The van der Waals surface area contributed by atoms with Crippen LogP contribution in [-0.4, -0.2) is 5.97 Å². The summed E-state index contributed by atoms with van der Waals surface area (Å²) < 4.78 is 5.62. The van der Waals surface area contributed by atoms with E-state index in [2.05, 4.69) is 51.1 Å². The van der Waals surface area contributed by atoms with Crippen LogP contribution in [0.5, 0.6) is 0 Å². The van der Waals surface area contributed by atoms with E-state index in [9.17, 15) is 4.79 Å². The maximum absolute atomic E-state index is 12.5. The van der Waals surface area contributed by atoms with Crippen molar-refractivity contribution in [1.29, 1.82) is 0 Å². The molecule has 0 saturated heterocycles. The molecule has 0 spiro atoms. The molecule has 1 fully saturated rings. The first-order valence-electron chi connectivity index (χ1n) is 7.41. The van der Waals surface area contributed by atoms with Crippen LogP contribution in [0.3, 0.4) is 0 Å². The molecule has 1 saturated carbocycles. The molecule has 0 N–H and O–H groups in total. The molecule has 20 heavy (non-hydrogen) atoms. The van der Waals surface area contributed by atoms with Crippen molar-refractivity contribution in [1.82, 2.24) is 0 Å². The van der Waals surface area contributed by atoms with Crippen LogP contribution >= 0.6 is 0 Å². The van der Waals surface area contributed by atoms with Gasteiger partial charge in [0.1, 0.15) is 6.61 Å². The summed E-state index contributed by atoms with van der Waals surface area (Å²) in [6.45, 7) is 6.59. The van der Waals surface area contributed by atoms with E-state index in [1.165, 1.54) is 11.1 Å². The average molecular weight is 270 g/mol. The second kappa shape index (κ2) is 4.76. The molecule has 106 valence electrons. The Morgan fingerprint density at radius 3 is 2.75 bits per heavy atom. The van der Waals surface area contributed by atoms with Crippen LogP contribution in [-0.2, 0) is 16.1 Å². The lowest BCUT2D eigenvalue weighted by atomic mass is 9.78. The molecule has 0 radical (unpaired) electrons. The minimum Gasteiger partial charge on any atom is -0.460 e. The number of esters is 1. The SMILES string of the molecule is Cc1ccc(COC(=O)C2(C)CC3C=CC2C3)c(C)c1. The standard InChI is InChI=1S/C18H22O2/c1-12-4-6-15(13(2)8-12)11-20-17(19)18(3)10-14-5-7-16(18)9-14/h4-8,14,16H,9-11H2,1-3H3. The van der Waals surface area contributed by atoms with Crippen LogP contribution in [0.4, 0.5) is 0 Å². The Balaban J connectivity index is 1.67. The fraction of sp³-hybridized carbons (Fsp3) is 0.500. The molecule has 2 nitrogen and oxygen atoms in total. The van der Waals surface area contributed by atoms with Gasteiger partial charge in [0.25, 0.3) is 0 Å². The first-order valence-corrected chi connectivity index (χ1v) is 7.41. The van der Waals surface area contributed by atoms with Gasteiger partial charge in [0.05, 0.1) is 5.41 Å². The minimum absolute atomic E-state index is 0.0330. The molecule has 0 heterocycles. The number of fused-ring (bicyclic) bond motifs is 2. The Bertz CT molecular complexity index is 573. The number of ether oxygens (including phenoxy) is 1. The molecule has 2 aliphatic rings. The summed E-state index contributed by atoms with van der Waals surface area (Å²) in [6, 6.07) is 6.25. The minimum atomic E-state index is -0.308. The van der Waals surface area contributed by atoms with Crippen LogP contribution in [0.15, 0.2) is 30.4 Å². The highest BCUT2D eigenvalue weighted by Gasteiger charge is 2.51. The molecule has 3 rings (SSSR count). The van der Waals surface area contributed by atoms with Crippen molar-refractivity contribution in [2.45, 2.75) is 40.2 Å². The first-order chi connectivity index (χ1) is 9.49. The van der Waals surface area contributed by atoms with Crippen molar-refractivity contribution in [3.8, 4) is 0 Å². The summed E-state index contributed by atoms with van der Waals surface area (Å²) in [4.78, 5) is 12.5. The molecule has 3 unspecified atom stereocenters. The molecule has 0 aliphatic heterocycles. The summed E-state index contributed by atoms with van der Waals surface area (Å²) in [5.74, 6) is 0.923. The zero-order chi connectivity index (χ0) is 14.3. The van der Waals surface area contributed by atoms with Gasteiger partial charge in [-0.25, -0.2) is 0 Å². The molecule has 0 aromatic heterocycles. The Morgan fingerprint density at radius 1 is 1.35 bits per heavy atom. The van der Waals surface area contributed by atoms with E-state index in [0.717, 1.165) is 18.4 Å². The van der Waals surface area contributed by atoms with Crippen molar-refractivity contribution in [2.75, 3.05) is 0 Å². The highest BCUT2D eigenvalue weighted by Crippen LogP contribution is 2.52. The van der Waals surface area contributed by atoms with Crippen molar-refractivity contribution < 1.29 is 9.53 Å². The van der Waals surface area contributed by atoms with Crippen LogP contribution in [0.25, 0.3) is 0 Å². The average Bonchev–Trinajstić information content (AvgIpc) is 2.98. The van der Waals surface area contributed by atoms with E-state index < -0.39 is 0 Å². The lowest BCUT2D eigenvalue weighted by Crippen LogP contribution is -2.33. The van der Waals surface area contributed by atoms with Gasteiger partial charge in [-0.05, 0) is 56.6 Å². The molecule has 2 heteroatoms. The molecule has 1 aromatic rings. The fourth-order valence-corrected chi connectivity index (χ4v) is 3.65. The van der Waals surface area contributed by atoms with Gasteiger partial charge >= 0.3 is 5.97 Å². The number of carbonyl (C=O) groups excluding carboxylic acids is 1. The van der Waals surface area contributed by atoms with E-state index in [1.54, 1.807) is 0 Å². The number of hydrogen-bond donors (Lipinski definition) is 0. The first kappa shape index (κ1) is 13.4. The molecule has 3 atom stereocenters. The van der Waals surface area contributed by atoms with Gasteiger partial charge in [0.2, 0.25) is 0 Å². The van der Waals surface area contributed by atoms with Gasteiger partial charge in [-0.15, -0.1) is 0 Å². The van der Waals surface area contributed by atoms with Gasteiger partial charge in [-0.3, -0.25) is 4.79 Å². The summed E-state index contributed by atoms with van der Waals surface area (Å²) in [6.07, 6.45) is 6.52. The van der Waals surface area contributed by atoms with Crippen molar-refractivity contribution in [3.63, 3.8) is 0 Å². The van der Waals surface area contributed by atoms with Crippen molar-refractivity contribution in [2.24, 2.45) is 17.3 Å². The van der Waals surface area contributed by atoms with E-state index >= 15 is 0 Å². The molecular formula is C18H22O2. The molecular weight excluding hydrogens is 248 g/mol. The van der Waals surface area contributed by atoms with Gasteiger partial charge in [0.15, 0.2) is 0 Å². The number of rotatable bonds is 3. The maximum Gasteiger partial charge on any atom is 0.312 e. The number of hydrogen-bond acceptors (Lipinski definition) is 2. The normalized spacial score (nSPS) is 30.8. The summed E-state index contributed by atoms with van der Waals surface area (Å²) >= 11 is 0. The monoisotopic (exact) mass is 270 g/mol. The van der Waals surface area contributed by atoms with Gasteiger partial charge in [-0.2, -0.15) is 0 Å². The van der Waals surface area contributed by atoms with Crippen molar-refractivity contribution >= 4 is 5.97 Å². The van der Waals surface area contributed by atoms with Crippen LogP contribution in [0.1, 0.15) is 36.5 Å². The quantitative estimate of drug-likeness (QED) is 0.614. The third-order valence-corrected chi connectivity index (χ3v) is 5.00. The largest absolute Gasteiger partial charge is 0.460 e. The lowest BCUT2D eigenvalue weighted by molar-refractivity contribution is -0.158. The number of benzene rings is 1. The van der Waals surface area contributed by atoms with Crippen molar-refractivity contribution in [3.05, 3.63) is 47.0 Å². The Hall–Kier alpha value is -1.57. The van der Waals surface area contributed by atoms with Gasteiger partial charge in [-0.1, -0.05) is 35.9 Å². The predicted molar refractivity (Wildman–Crippen MR) is 79.2 cm³/mol. The van der Waals surface area contributed by atoms with E-state index in [0.29, 0.717) is 18.4 Å². The summed E-state index contributed by atoms with van der Waals surface area (Å²) in [5.41, 5.74) is 3.22. The zero-order valence-electron chi connectivity index (χ0n) is 12.5. The Morgan fingerprint density at radius 2 is 2.15 bits per heavy atom. The lowest BCUT2D eigenvalue weighted by Gasteiger charge is -2.28. The van der Waals surface area contributed by atoms with Gasteiger partial charge in [0, 0.05) is 0 Å². The molecule has 2 aliphatic carbocycles. The fourth-order valence-electron chi connectivity index (χ4n) is 3.65. The second-order valence-corrected chi connectivity index (χ2v) is 6.61. The third kappa shape index (κ3) is 2.17. The summed E-state index contributed by atoms with van der Waals surface area (Å²) in [5, 5.41) is 0. The predicted octanol–water partition coefficient (Wildman–Crippen LogP) is 3.95. The van der Waals surface area contributed by atoms with E-state index in [4.69, 9.17) is 4.74 Å². The highest BCUT2D eigenvalue weighted by atomic mass is 16.5. The zero-order valence-corrected chi connectivity index (χ0v) is 12.5. The maximum atomic E-state index is 12.5. The summed E-state index contributed by atoms with van der Waals surface area (Å²) in [7, 11) is 0. The van der Waals surface area contributed by atoms with E-state index in [1.807, 2.05) is 0 Å². The smallest absolute Gasteiger partial charge is 0.312 e. The van der Waals surface area contributed by atoms with Crippen LogP contribution in [0, 0.1) is 31.1 Å². The Kier molecular flexibility index (Phi) is 3.19. The highest BCUT2D eigenvalue weighted by molar-refractivity contribution is 5.78.